The standard InChI is InChI=1S/C25H24ClF2N5O2/c26-19-12-29-24(31-16(14-34)7-6-15-4-5-15)10-23(19)32-9-8-22-17(25(32)35)11-30-33(22)13-18-20(27)2-1-3-21(18)28/h1-3,8-12,15-16,34H,4-7,13-14H2,(H,29,31)/t16-/m0/s1. The van der Waals surface area contributed by atoms with Crippen LogP contribution in [0.2, 0.25) is 5.02 Å². The number of pyridine rings is 2. The van der Waals surface area contributed by atoms with Crippen LogP contribution in [-0.4, -0.2) is 37.1 Å². The van der Waals surface area contributed by atoms with Gasteiger partial charge >= 0.3 is 0 Å². The molecule has 0 radical (unpaired) electrons. The Morgan fingerprint density at radius 1 is 1.20 bits per heavy atom. The van der Waals surface area contributed by atoms with E-state index in [0.29, 0.717) is 17.0 Å². The Hall–Kier alpha value is -3.30. The van der Waals surface area contributed by atoms with E-state index in [0.717, 1.165) is 18.8 Å². The average Bonchev–Trinajstić information content (AvgIpc) is 3.59. The Kier molecular flexibility index (Phi) is 6.53. The predicted molar refractivity (Wildman–Crippen MR) is 130 cm³/mol. The van der Waals surface area contributed by atoms with Gasteiger partial charge in [-0.3, -0.25) is 14.0 Å². The lowest BCUT2D eigenvalue weighted by Gasteiger charge is -2.18. The molecule has 3 heterocycles. The summed E-state index contributed by atoms with van der Waals surface area (Å²) >= 11 is 6.38. The van der Waals surface area contributed by atoms with Crippen LogP contribution in [0.5, 0.6) is 0 Å². The smallest absolute Gasteiger partial charge is 0.266 e. The van der Waals surface area contributed by atoms with Gasteiger partial charge in [-0.25, -0.2) is 13.8 Å². The zero-order chi connectivity index (χ0) is 24.5. The molecule has 0 saturated heterocycles. The van der Waals surface area contributed by atoms with Crippen LogP contribution in [0.1, 0.15) is 31.2 Å². The molecule has 5 rings (SSSR count). The molecule has 182 valence electrons. The zero-order valence-corrected chi connectivity index (χ0v) is 19.6. The van der Waals surface area contributed by atoms with Gasteiger partial charge in [0.2, 0.25) is 0 Å². The summed E-state index contributed by atoms with van der Waals surface area (Å²) in [6.07, 6.45) is 8.75. The number of anilines is 1. The van der Waals surface area contributed by atoms with Gasteiger partial charge in [-0.15, -0.1) is 0 Å². The maximum atomic E-state index is 14.1. The number of nitrogens with zero attached hydrogens (tertiary/aromatic N) is 4. The summed E-state index contributed by atoms with van der Waals surface area (Å²) in [6.45, 7) is -0.182. The summed E-state index contributed by atoms with van der Waals surface area (Å²) < 4.78 is 31.0. The molecule has 4 aromatic rings. The van der Waals surface area contributed by atoms with Gasteiger partial charge in [-0.05, 0) is 37.0 Å². The Bertz CT molecular complexity index is 1410. The lowest BCUT2D eigenvalue weighted by atomic mass is 10.1. The highest BCUT2D eigenvalue weighted by atomic mass is 35.5. The van der Waals surface area contributed by atoms with Crippen LogP contribution in [0.4, 0.5) is 14.6 Å². The summed E-state index contributed by atoms with van der Waals surface area (Å²) in [5, 5.41) is 17.7. The Labute approximate surface area is 205 Å². The van der Waals surface area contributed by atoms with Crippen molar-refractivity contribution in [2.45, 2.75) is 38.3 Å². The van der Waals surface area contributed by atoms with E-state index in [2.05, 4.69) is 15.4 Å². The summed E-state index contributed by atoms with van der Waals surface area (Å²) in [5.74, 6) is -0.106. The van der Waals surface area contributed by atoms with Crippen molar-refractivity contribution in [3.63, 3.8) is 0 Å². The molecule has 0 spiro atoms. The van der Waals surface area contributed by atoms with Gasteiger partial charge in [0.1, 0.15) is 17.5 Å². The molecule has 0 unspecified atom stereocenters. The molecule has 3 aromatic heterocycles. The molecular formula is C25H24ClF2N5O2. The maximum Gasteiger partial charge on any atom is 0.266 e. The molecule has 1 fully saturated rings. The number of aliphatic hydroxyl groups excluding tert-OH is 1. The number of aromatic nitrogens is 4. The Morgan fingerprint density at radius 2 is 1.97 bits per heavy atom. The number of nitrogens with one attached hydrogen (secondary N) is 1. The number of halogens is 3. The minimum atomic E-state index is -0.677. The van der Waals surface area contributed by atoms with Crippen molar-refractivity contribution in [3.05, 3.63) is 81.5 Å². The molecule has 0 aliphatic heterocycles. The van der Waals surface area contributed by atoms with Crippen LogP contribution in [0.25, 0.3) is 16.6 Å². The number of hydrogen-bond donors (Lipinski definition) is 2. The molecule has 0 amide bonds. The van der Waals surface area contributed by atoms with Crippen LogP contribution in [0, 0.1) is 17.6 Å². The van der Waals surface area contributed by atoms with E-state index in [1.54, 1.807) is 18.3 Å². The van der Waals surface area contributed by atoms with Crippen molar-refractivity contribution in [1.29, 1.82) is 0 Å². The Balaban J connectivity index is 1.44. The number of benzene rings is 1. The second-order valence-electron chi connectivity index (χ2n) is 8.86. The lowest BCUT2D eigenvalue weighted by Crippen LogP contribution is -2.25. The quantitative estimate of drug-likeness (QED) is 0.353. The third-order valence-electron chi connectivity index (χ3n) is 6.37. The molecule has 7 nitrogen and oxygen atoms in total. The third-order valence-corrected chi connectivity index (χ3v) is 6.66. The molecule has 10 heteroatoms. The molecule has 1 aliphatic rings. The van der Waals surface area contributed by atoms with E-state index >= 15 is 0 Å². The van der Waals surface area contributed by atoms with Gasteiger partial charge in [-0.1, -0.05) is 30.5 Å². The number of hydrogen-bond acceptors (Lipinski definition) is 5. The van der Waals surface area contributed by atoms with Crippen molar-refractivity contribution < 1.29 is 13.9 Å². The molecular weight excluding hydrogens is 476 g/mol. The molecule has 1 aliphatic carbocycles. The highest BCUT2D eigenvalue weighted by molar-refractivity contribution is 6.32. The lowest BCUT2D eigenvalue weighted by molar-refractivity contribution is 0.265. The largest absolute Gasteiger partial charge is 0.394 e. The molecule has 2 N–H and O–H groups in total. The first-order valence-electron chi connectivity index (χ1n) is 11.5. The molecule has 35 heavy (non-hydrogen) atoms. The second-order valence-corrected chi connectivity index (χ2v) is 9.26. The van der Waals surface area contributed by atoms with Gasteiger partial charge in [0.25, 0.3) is 5.56 Å². The van der Waals surface area contributed by atoms with Crippen LogP contribution >= 0.6 is 11.6 Å². The number of aliphatic hydroxyl groups is 1. The second kappa shape index (κ2) is 9.75. The minimum Gasteiger partial charge on any atom is -0.394 e. The highest BCUT2D eigenvalue weighted by Crippen LogP contribution is 2.34. The summed E-state index contributed by atoms with van der Waals surface area (Å²) in [4.78, 5) is 17.6. The fourth-order valence-corrected chi connectivity index (χ4v) is 4.37. The van der Waals surface area contributed by atoms with Crippen molar-refractivity contribution in [2.75, 3.05) is 11.9 Å². The predicted octanol–water partition coefficient (Wildman–Crippen LogP) is 4.53. The first-order valence-corrected chi connectivity index (χ1v) is 11.9. The molecule has 1 aromatic carbocycles. The summed E-state index contributed by atoms with van der Waals surface area (Å²) in [7, 11) is 0. The minimum absolute atomic E-state index is 0.0277. The van der Waals surface area contributed by atoms with E-state index in [9.17, 15) is 18.7 Å². The van der Waals surface area contributed by atoms with E-state index in [1.165, 1.54) is 52.7 Å². The third kappa shape index (κ3) is 4.92. The zero-order valence-electron chi connectivity index (χ0n) is 18.8. The highest BCUT2D eigenvalue weighted by Gasteiger charge is 2.23. The van der Waals surface area contributed by atoms with Crippen molar-refractivity contribution in [3.8, 4) is 5.69 Å². The van der Waals surface area contributed by atoms with E-state index < -0.39 is 11.6 Å². The molecule has 0 bridgehead atoms. The molecule has 1 atom stereocenters. The Morgan fingerprint density at radius 3 is 2.69 bits per heavy atom. The normalized spacial score (nSPS) is 14.4. The monoisotopic (exact) mass is 499 g/mol. The fourth-order valence-electron chi connectivity index (χ4n) is 4.18. The number of fused-ring (bicyclic) bond motifs is 1. The van der Waals surface area contributed by atoms with E-state index in [4.69, 9.17) is 11.6 Å². The maximum absolute atomic E-state index is 14.1. The SMILES string of the molecule is O=c1c2cnn(Cc3c(F)cccc3F)c2ccn1-c1cc(N[C@H](CO)CCC2CC2)ncc1Cl. The van der Waals surface area contributed by atoms with E-state index in [1.807, 2.05) is 0 Å². The van der Waals surface area contributed by atoms with Gasteiger partial charge in [0, 0.05) is 17.8 Å². The topological polar surface area (TPSA) is 85.0 Å². The van der Waals surface area contributed by atoms with Crippen LogP contribution in [-0.2, 0) is 6.54 Å². The van der Waals surface area contributed by atoms with Gasteiger partial charge in [0.05, 0.1) is 53.2 Å². The number of rotatable bonds is 9. The van der Waals surface area contributed by atoms with Crippen LogP contribution in [0.3, 0.4) is 0 Å². The van der Waals surface area contributed by atoms with Gasteiger partial charge in [-0.2, -0.15) is 5.10 Å². The van der Waals surface area contributed by atoms with Crippen LogP contribution < -0.4 is 10.9 Å². The average molecular weight is 500 g/mol. The van der Waals surface area contributed by atoms with Crippen molar-refractivity contribution in [2.24, 2.45) is 5.92 Å². The first-order chi connectivity index (χ1) is 16.9. The fraction of sp³-hybridized carbons (Fsp3) is 0.320. The summed E-state index contributed by atoms with van der Waals surface area (Å²) in [6, 6.07) is 6.83. The van der Waals surface area contributed by atoms with Crippen molar-refractivity contribution in [1.82, 2.24) is 19.3 Å². The van der Waals surface area contributed by atoms with Crippen LogP contribution in [0.15, 0.2) is 53.7 Å². The van der Waals surface area contributed by atoms with Gasteiger partial charge < -0.3 is 10.4 Å². The summed E-state index contributed by atoms with van der Waals surface area (Å²) in [5.41, 5.74) is 0.352. The van der Waals surface area contributed by atoms with E-state index in [-0.39, 0.29) is 40.7 Å². The molecule has 1 saturated carbocycles. The van der Waals surface area contributed by atoms with Crippen molar-refractivity contribution >= 4 is 28.3 Å². The van der Waals surface area contributed by atoms with Gasteiger partial charge in [0.15, 0.2) is 0 Å². The first kappa shape index (κ1) is 23.4.